The van der Waals surface area contributed by atoms with Gasteiger partial charge < -0.3 is 10.1 Å². The van der Waals surface area contributed by atoms with E-state index in [9.17, 15) is 0 Å². The highest BCUT2D eigenvalue weighted by Crippen LogP contribution is 2.30. The predicted octanol–water partition coefficient (Wildman–Crippen LogP) is 3.43. The number of hydrogen-bond donors (Lipinski definition) is 1. The Morgan fingerprint density at radius 1 is 1.16 bits per heavy atom. The topological polar surface area (TPSA) is 48.7 Å². The summed E-state index contributed by atoms with van der Waals surface area (Å²) in [6, 6.07) is 8.19. The highest BCUT2D eigenvalue weighted by Gasteiger charge is 2.18. The van der Waals surface area contributed by atoms with Crippen LogP contribution in [0.15, 0.2) is 40.1 Å². The van der Waals surface area contributed by atoms with Crippen LogP contribution in [-0.2, 0) is 0 Å². The van der Waals surface area contributed by atoms with Crippen LogP contribution in [0.5, 0.6) is 0 Å². The molecule has 0 amide bonds. The predicted molar refractivity (Wildman–Crippen MR) is 80.1 cm³/mol. The summed E-state index contributed by atoms with van der Waals surface area (Å²) in [5, 5.41) is 14.4. The molecule has 19 heavy (non-hydrogen) atoms. The zero-order valence-electron chi connectivity index (χ0n) is 10.4. The zero-order chi connectivity index (χ0) is 13.2. The number of piperidine rings is 1. The second-order valence-corrected chi connectivity index (χ2v) is 5.48. The third kappa shape index (κ3) is 2.30. The Bertz CT molecular complexity index is 632. The lowest BCUT2D eigenvalue weighted by Crippen LogP contribution is -2.34. The standard InChI is InChI=1S/C14H14BrN3O/c15-13-3-1-2-12-11(13)4-7-16-14(12)18-8-5-10(17-19)6-9-18/h1-4,7,19H,5-6,8-9H2. The molecule has 1 aromatic heterocycles. The molecule has 0 unspecified atom stereocenters. The van der Waals surface area contributed by atoms with Crippen LogP contribution in [-0.4, -0.2) is 29.0 Å². The summed E-state index contributed by atoms with van der Waals surface area (Å²) in [5.41, 5.74) is 0.873. The van der Waals surface area contributed by atoms with Gasteiger partial charge in [0.25, 0.3) is 0 Å². The summed E-state index contributed by atoms with van der Waals surface area (Å²) >= 11 is 3.58. The van der Waals surface area contributed by atoms with Gasteiger partial charge in [-0.1, -0.05) is 33.2 Å². The Morgan fingerprint density at radius 2 is 1.95 bits per heavy atom. The second-order valence-electron chi connectivity index (χ2n) is 4.62. The number of benzene rings is 1. The van der Waals surface area contributed by atoms with Crippen LogP contribution in [0, 0.1) is 0 Å². The molecule has 0 radical (unpaired) electrons. The van der Waals surface area contributed by atoms with Crippen LogP contribution in [0.3, 0.4) is 0 Å². The summed E-state index contributed by atoms with van der Waals surface area (Å²) in [5.74, 6) is 1.01. The maximum atomic E-state index is 8.80. The lowest BCUT2D eigenvalue weighted by molar-refractivity contribution is 0.315. The van der Waals surface area contributed by atoms with Gasteiger partial charge >= 0.3 is 0 Å². The minimum atomic E-state index is 0.794. The van der Waals surface area contributed by atoms with Crippen LogP contribution < -0.4 is 4.90 Å². The molecule has 1 aliphatic heterocycles. The Kier molecular flexibility index (Phi) is 3.38. The number of anilines is 1. The van der Waals surface area contributed by atoms with Crippen LogP contribution in [0.2, 0.25) is 0 Å². The van der Waals surface area contributed by atoms with E-state index in [0.717, 1.165) is 47.3 Å². The van der Waals surface area contributed by atoms with Gasteiger partial charge in [0.05, 0.1) is 5.71 Å². The van der Waals surface area contributed by atoms with E-state index in [0.29, 0.717) is 0 Å². The number of aromatic nitrogens is 1. The van der Waals surface area contributed by atoms with Crippen molar-refractivity contribution in [2.45, 2.75) is 12.8 Å². The fourth-order valence-corrected chi connectivity index (χ4v) is 2.98. The molecule has 5 heteroatoms. The van der Waals surface area contributed by atoms with Crippen molar-refractivity contribution >= 4 is 38.2 Å². The average molecular weight is 320 g/mol. The van der Waals surface area contributed by atoms with Gasteiger partial charge in [-0.15, -0.1) is 0 Å². The van der Waals surface area contributed by atoms with E-state index < -0.39 is 0 Å². The van der Waals surface area contributed by atoms with E-state index >= 15 is 0 Å². The van der Waals surface area contributed by atoms with Gasteiger partial charge in [-0.05, 0) is 12.1 Å². The van der Waals surface area contributed by atoms with Gasteiger partial charge in [-0.2, -0.15) is 0 Å². The summed E-state index contributed by atoms with van der Waals surface area (Å²) < 4.78 is 1.09. The molecule has 1 aliphatic rings. The van der Waals surface area contributed by atoms with E-state index in [-0.39, 0.29) is 0 Å². The second kappa shape index (κ2) is 5.17. The molecule has 2 heterocycles. The van der Waals surface area contributed by atoms with Crippen LogP contribution >= 0.6 is 15.9 Å². The Balaban J connectivity index is 2.00. The normalized spacial score (nSPS) is 15.8. The van der Waals surface area contributed by atoms with Gasteiger partial charge in [0.1, 0.15) is 5.82 Å². The monoisotopic (exact) mass is 319 g/mol. The third-order valence-electron chi connectivity index (χ3n) is 3.51. The number of halogens is 1. The smallest absolute Gasteiger partial charge is 0.136 e. The maximum absolute atomic E-state index is 8.80. The van der Waals surface area contributed by atoms with Crippen molar-refractivity contribution in [2.24, 2.45) is 5.16 Å². The maximum Gasteiger partial charge on any atom is 0.136 e. The first-order chi connectivity index (χ1) is 9.29. The first kappa shape index (κ1) is 12.4. The highest BCUT2D eigenvalue weighted by molar-refractivity contribution is 9.10. The van der Waals surface area contributed by atoms with Crippen molar-refractivity contribution in [3.05, 3.63) is 34.9 Å². The average Bonchev–Trinajstić information content (AvgIpc) is 2.47. The van der Waals surface area contributed by atoms with Crippen LogP contribution in [0.25, 0.3) is 10.8 Å². The van der Waals surface area contributed by atoms with Crippen LogP contribution in [0.4, 0.5) is 5.82 Å². The fraction of sp³-hybridized carbons (Fsp3) is 0.286. The van der Waals surface area contributed by atoms with Crippen LogP contribution in [0.1, 0.15) is 12.8 Å². The van der Waals surface area contributed by atoms with Crippen molar-refractivity contribution in [3.63, 3.8) is 0 Å². The number of rotatable bonds is 1. The lowest BCUT2D eigenvalue weighted by atomic mass is 10.1. The molecule has 0 spiro atoms. The first-order valence-corrected chi connectivity index (χ1v) is 7.07. The molecule has 0 bridgehead atoms. The molecule has 1 fully saturated rings. The van der Waals surface area contributed by atoms with Crippen molar-refractivity contribution in [2.75, 3.05) is 18.0 Å². The Hall–Kier alpha value is -1.62. The number of nitrogens with zero attached hydrogens (tertiary/aromatic N) is 3. The molecule has 0 atom stereocenters. The molecule has 98 valence electrons. The number of hydrogen-bond acceptors (Lipinski definition) is 4. The van der Waals surface area contributed by atoms with E-state index in [4.69, 9.17) is 5.21 Å². The quantitative estimate of drug-likeness (QED) is 0.647. The minimum Gasteiger partial charge on any atom is -0.411 e. The van der Waals surface area contributed by atoms with Gasteiger partial charge in [-0.3, -0.25) is 0 Å². The summed E-state index contributed by atoms with van der Waals surface area (Å²) in [6.07, 6.45) is 3.43. The van der Waals surface area contributed by atoms with Crippen molar-refractivity contribution in [1.29, 1.82) is 0 Å². The van der Waals surface area contributed by atoms with Gasteiger partial charge in [0.2, 0.25) is 0 Å². The zero-order valence-corrected chi connectivity index (χ0v) is 12.0. The van der Waals surface area contributed by atoms with Crippen molar-refractivity contribution in [1.82, 2.24) is 4.98 Å². The number of oxime groups is 1. The van der Waals surface area contributed by atoms with E-state index in [2.05, 4.69) is 37.0 Å². The summed E-state index contributed by atoms with van der Waals surface area (Å²) in [6.45, 7) is 1.69. The molecule has 1 saturated heterocycles. The van der Waals surface area contributed by atoms with Gasteiger partial charge in [0.15, 0.2) is 0 Å². The summed E-state index contributed by atoms with van der Waals surface area (Å²) in [7, 11) is 0. The third-order valence-corrected chi connectivity index (χ3v) is 4.20. The molecule has 2 aromatic rings. The Labute approximate surface area is 119 Å². The minimum absolute atomic E-state index is 0.794. The molecule has 0 aliphatic carbocycles. The SMILES string of the molecule is ON=C1CCN(c2nccc3c(Br)cccc23)CC1. The Morgan fingerprint density at radius 3 is 2.68 bits per heavy atom. The van der Waals surface area contributed by atoms with Gasteiger partial charge in [0, 0.05) is 47.4 Å². The summed E-state index contributed by atoms with van der Waals surface area (Å²) in [4.78, 5) is 6.78. The molecular weight excluding hydrogens is 306 g/mol. The van der Waals surface area contributed by atoms with E-state index in [1.807, 2.05) is 24.4 Å². The van der Waals surface area contributed by atoms with Crippen molar-refractivity contribution < 1.29 is 5.21 Å². The van der Waals surface area contributed by atoms with Gasteiger partial charge in [-0.25, -0.2) is 4.98 Å². The molecule has 1 aromatic carbocycles. The molecule has 0 saturated carbocycles. The fourth-order valence-electron chi connectivity index (χ4n) is 2.48. The first-order valence-electron chi connectivity index (χ1n) is 6.27. The largest absolute Gasteiger partial charge is 0.411 e. The van der Waals surface area contributed by atoms with E-state index in [1.54, 1.807) is 0 Å². The van der Waals surface area contributed by atoms with E-state index in [1.165, 1.54) is 5.39 Å². The molecular formula is C14H14BrN3O. The molecule has 1 N–H and O–H groups in total. The molecule has 3 rings (SSSR count). The van der Waals surface area contributed by atoms with Crippen molar-refractivity contribution in [3.8, 4) is 0 Å². The molecule has 4 nitrogen and oxygen atoms in total. The highest BCUT2D eigenvalue weighted by atomic mass is 79.9. The lowest BCUT2D eigenvalue weighted by Gasteiger charge is -2.29. The number of pyridine rings is 1. The number of fused-ring (bicyclic) bond motifs is 1.